The molecular weight excluding hydrogens is 192 g/mol. The molecule has 1 fully saturated rings. The number of fused-ring (bicyclic) bond motifs is 4. The van der Waals surface area contributed by atoms with Gasteiger partial charge in [0.05, 0.1) is 0 Å². The van der Waals surface area contributed by atoms with Crippen molar-refractivity contribution in [1.29, 1.82) is 0 Å². The number of rotatable bonds is 0. The smallest absolute Gasteiger partial charge is 0.245 e. The second kappa shape index (κ2) is 4.96. The van der Waals surface area contributed by atoms with Gasteiger partial charge in [-0.05, 0) is 12.8 Å². The monoisotopic (exact) mass is 212 g/mol. The van der Waals surface area contributed by atoms with Crippen molar-refractivity contribution < 1.29 is 9.59 Å². The Morgan fingerprint density at radius 3 is 2.53 bits per heavy atom. The van der Waals surface area contributed by atoms with E-state index in [-0.39, 0.29) is 38.8 Å². The summed E-state index contributed by atoms with van der Waals surface area (Å²) in [6.07, 6.45) is 5.17. The van der Waals surface area contributed by atoms with E-state index in [1.54, 1.807) is 11.9 Å². The molecule has 2 bridgehead atoms. The maximum Gasteiger partial charge on any atom is 0.245 e. The molecule has 0 aromatic carbocycles. The van der Waals surface area contributed by atoms with Crippen LogP contribution in [0.4, 0.5) is 0 Å². The van der Waals surface area contributed by atoms with Crippen LogP contribution in [0.5, 0.6) is 0 Å². The lowest BCUT2D eigenvalue weighted by molar-refractivity contribution is -0.147. The van der Waals surface area contributed by atoms with Gasteiger partial charge in [-0.15, -0.1) is 0 Å². The molecule has 2 amide bonds. The Balaban J connectivity index is 0.000000980. The van der Waals surface area contributed by atoms with E-state index in [2.05, 4.69) is 5.32 Å². The molecule has 86 valence electrons. The fourth-order valence-corrected chi connectivity index (χ4v) is 1.79. The largest absolute Gasteiger partial charge is 0.342 e. The highest BCUT2D eigenvalue weighted by molar-refractivity contribution is 5.97. The zero-order valence-electron chi connectivity index (χ0n) is 7.49. The summed E-state index contributed by atoms with van der Waals surface area (Å²) < 4.78 is 0. The molecule has 0 spiro atoms. The summed E-state index contributed by atoms with van der Waals surface area (Å²) in [5.74, 6) is -0.00889. The molecule has 1 N–H and O–H groups in total. The van der Waals surface area contributed by atoms with Crippen LogP contribution in [-0.4, -0.2) is 35.8 Å². The summed E-state index contributed by atoms with van der Waals surface area (Å²) in [5.41, 5.74) is 0. The normalized spacial score (nSPS) is 28.5. The lowest BCUT2D eigenvalue weighted by Gasteiger charge is -2.37. The van der Waals surface area contributed by atoms with Crippen LogP contribution in [0.15, 0.2) is 12.2 Å². The number of carbonyl (C=O) groups is 2. The van der Waals surface area contributed by atoms with Gasteiger partial charge in [-0.2, -0.15) is 0 Å². The van der Waals surface area contributed by atoms with Crippen LogP contribution in [0.1, 0.15) is 27.7 Å². The lowest BCUT2D eigenvalue weighted by atomic mass is 9.99. The Morgan fingerprint density at radius 1 is 1.27 bits per heavy atom. The van der Waals surface area contributed by atoms with Gasteiger partial charge in [0, 0.05) is 7.05 Å². The molecule has 3 aliphatic heterocycles. The lowest BCUT2D eigenvalue weighted by Crippen LogP contribution is -2.62. The van der Waals surface area contributed by atoms with Gasteiger partial charge >= 0.3 is 0 Å². The van der Waals surface area contributed by atoms with E-state index in [0.29, 0.717) is 12.8 Å². The van der Waals surface area contributed by atoms with E-state index in [0.717, 1.165) is 0 Å². The summed E-state index contributed by atoms with van der Waals surface area (Å²) in [4.78, 5) is 24.6. The molecule has 2 atom stereocenters. The van der Waals surface area contributed by atoms with Gasteiger partial charge in [0.25, 0.3) is 0 Å². The number of piperazine rings is 1. The van der Waals surface area contributed by atoms with E-state index in [1.165, 1.54) is 0 Å². The number of nitrogens with one attached hydrogen (secondary N) is 1. The summed E-state index contributed by atoms with van der Waals surface area (Å²) in [6, 6.07) is -0.648. The minimum Gasteiger partial charge on any atom is -0.342 e. The molecular formula is C11H20N2O2. The number of amides is 2. The quantitative estimate of drug-likeness (QED) is 0.607. The first-order valence-electron chi connectivity index (χ1n) is 4.42. The van der Waals surface area contributed by atoms with Gasteiger partial charge in [-0.25, -0.2) is 0 Å². The molecule has 3 aliphatic rings. The van der Waals surface area contributed by atoms with E-state index >= 15 is 0 Å². The third kappa shape index (κ3) is 2.19. The van der Waals surface area contributed by atoms with Crippen LogP contribution in [0.2, 0.25) is 0 Å². The fourth-order valence-electron chi connectivity index (χ4n) is 1.79. The number of nitrogens with zero attached hydrogens (tertiary/aromatic N) is 1. The highest BCUT2D eigenvalue weighted by atomic mass is 16.2. The molecule has 0 saturated carbocycles. The third-order valence-electron chi connectivity index (χ3n) is 2.63. The Labute approximate surface area is 91.3 Å². The van der Waals surface area contributed by atoms with Gasteiger partial charge in [-0.1, -0.05) is 27.0 Å². The van der Waals surface area contributed by atoms with Gasteiger partial charge in [-0.3, -0.25) is 9.59 Å². The molecule has 0 aromatic rings. The first kappa shape index (κ1) is 13.7. The predicted octanol–water partition coefficient (Wildman–Crippen LogP) is 0.934. The second-order valence-electron chi connectivity index (χ2n) is 3.47. The van der Waals surface area contributed by atoms with Crippen LogP contribution < -0.4 is 5.32 Å². The van der Waals surface area contributed by atoms with E-state index < -0.39 is 0 Å². The minimum absolute atomic E-state index is 0. The maximum absolute atomic E-state index is 11.6. The Hall–Kier alpha value is -1.32. The van der Waals surface area contributed by atoms with Crippen LogP contribution in [-0.2, 0) is 9.59 Å². The van der Waals surface area contributed by atoms with Crippen molar-refractivity contribution in [3.8, 4) is 0 Å². The summed E-state index contributed by atoms with van der Waals surface area (Å²) >= 11 is 0. The first-order valence-corrected chi connectivity index (χ1v) is 4.42. The maximum atomic E-state index is 11.6. The average molecular weight is 212 g/mol. The van der Waals surface area contributed by atoms with Gasteiger partial charge in [0.2, 0.25) is 11.8 Å². The highest BCUT2D eigenvalue weighted by Crippen LogP contribution is 2.16. The number of hydrogen-bond donors (Lipinski definition) is 1. The van der Waals surface area contributed by atoms with Crippen molar-refractivity contribution in [2.24, 2.45) is 0 Å². The van der Waals surface area contributed by atoms with Crippen LogP contribution >= 0.6 is 0 Å². The summed E-state index contributed by atoms with van der Waals surface area (Å²) in [6.45, 7) is 0. The summed E-state index contributed by atoms with van der Waals surface area (Å²) in [7, 11) is 1.69. The SMILES string of the molecule is C.C.CN1C(=O)[C@H]2CC=CC[C@@H]1C(=O)N2. The van der Waals surface area contributed by atoms with E-state index in [1.807, 2.05) is 12.2 Å². The average Bonchev–Trinajstić information content (AvgIpc) is 2.07. The molecule has 15 heavy (non-hydrogen) atoms. The molecule has 0 aliphatic carbocycles. The van der Waals surface area contributed by atoms with Crippen molar-refractivity contribution in [3.05, 3.63) is 12.2 Å². The molecule has 4 nitrogen and oxygen atoms in total. The fraction of sp³-hybridized carbons (Fsp3) is 0.636. The van der Waals surface area contributed by atoms with Crippen molar-refractivity contribution in [2.45, 2.75) is 39.8 Å². The first-order chi connectivity index (χ1) is 6.20. The van der Waals surface area contributed by atoms with Crippen molar-refractivity contribution in [2.75, 3.05) is 7.05 Å². The van der Waals surface area contributed by atoms with Crippen molar-refractivity contribution in [1.82, 2.24) is 10.2 Å². The molecule has 3 rings (SSSR count). The molecule has 0 unspecified atom stereocenters. The van der Waals surface area contributed by atoms with E-state index in [4.69, 9.17) is 0 Å². The zero-order valence-corrected chi connectivity index (χ0v) is 7.49. The Morgan fingerprint density at radius 2 is 1.87 bits per heavy atom. The number of likely N-dealkylation sites (N-methyl/N-ethyl adjacent to an activating group) is 1. The Bertz CT molecular complexity index is 286. The molecule has 1 saturated heterocycles. The Kier molecular flexibility index (Phi) is 4.52. The van der Waals surface area contributed by atoms with E-state index in [9.17, 15) is 9.59 Å². The molecule has 4 heteroatoms. The summed E-state index contributed by atoms with van der Waals surface area (Å²) in [5, 5.41) is 2.72. The molecule has 0 radical (unpaired) electrons. The highest BCUT2D eigenvalue weighted by Gasteiger charge is 2.37. The third-order valence-corrected chi connectivity index (χ3v) is 2.63. The zero-order chi connectivity index (χ0) is 9.42. The van der Waals surface area contributed by atoms with Crippen molar-refractivity contribution >= 4 is 11.8 Å². The van der Waals surface area contributed by atoms with Crippen molar-refractivity contribution in [3.63, 3.8) is 0 Å². The van der Waals surface area contributed by atoms with Crippen LogP contribution in [0.3, 0.4) is 0 Å². The van der Waals surface area contributed by atoms with Gasteiger partial charge in [0.1, 0.15) is 12.1 Å². The minimum atomic E-state index is -0.342. The second-order valence-corrected chi connectivity index (χ2v) is 3.47. The van der Waals surface area contributed by atoms with Crippen LogP contribution in [0.25, 0.3) is 0 Å². The number of carbonyl (C=O) groups excluding carboxylic acids is 2. The van der Waals surface area contributed by atoms with Gasteiger partial charge < -0.3 is 10.2 Å². The molecule has 0 aromatic heterocycles. The number of hydrogen-bond acceptors (Lipinski definition) is 2. The topological polar surface area (TPSA) is 49.4 Å². The standard InChI is InChI=1S/C9H12N2O2.2CH4/c1-11-7-5-3-2-4-6(9(11)13)10-8(7)12;;/h2-3,6-7H,4-5H2,1H3,(H,10,12);2*1H4/t6-,7-;;/m1../s1. The molecule has 3 heterocycles. The predicted molar refractivity (Wildman–Crippen MR) is 60.3 cm³/mol. The van der Waals surface area contributed by atoms with Crippen LogP contribution in [0, 0.1) is 0 Å². The van der Waals surface area contributed by atoms with Gasteiger partial charge in [0.15, 0.2) is 0 Å².